The molecular weight excluding hydrogens is 518 g/mol. The van der Waals surface area contributed by atoms with Crippen LogP contribution in [0, 0.1) is 6.92 Å². The Bertz CT molecular complexity index is 1560. The van der Waals surface area contributed by atoms with E-state index in [9.17, 15) is 9.59 Å². The predicted octanol–water partition coefficient (Wildman–Crippen LogP) is 8.02. The lowest BCUT2D eigenvalue weighted by atomic mass is 10.1. The van der Waals surface area contributed by atoms with E-state index in [4.69, 9.17) is 21.1 Å². The number of carbonyl (C=O) groups excluding carboxylic acids is 2. The largest absolute Gasteiger partial charge is 0.490 e. The average molecular weight is 544 g/mol. The van der Waals surface area contributed by atoms with Crippen LogP contribution in [0.4, 0.5) is 4.79 Å². The zero-order valence-corrected chi connectivity index (χ0v) is 22.6. The Hall–Kier alpha value is -3.74. The van der Waals surface area contributed by atoms with Crippen LogP contribution in [0.25, 0.3) is 16.8 Å². The lowest BCUT2D eigenvalue weighted by molar-refractivity contribution is -0.123. The van der Waals surface area contributed by atoms with Crippen molar-refractivity contribution in [2.75, 3.05) is 6.61 Å². The quantitative estimate of drug-likeness (QED) is 0.211. The van der Waals surface area contributed by atoms with Gasteiger partial charge in [0.05, 0.1) is 23.1 Å². The fraction of sp³-hybridized carbons (Fsp3) is 0.161. The van der Waals surface area contributed by atoms with E-state index in [-0.39, 0.29) is 17.7 Å². The number of hydrogen-bond donors (Lipinski definition) is 0. The molecule has 38 heavy (non-hydrogen) atoms. The monoisotopic (exact) mass is 543 g/mol. The summed E-state index contributed by atoms with van der Waals surface area (Å²) in [6, 6.07) is 25.5. The highest BCUT2D eigenvalue weighted by Crippen LogP contribution is 2.40. The van der Waals surface area contributed by atoms with Gasteiger partial charge in [-0.3, -0.25) is 14.5 Å². The summed E-state index contributed by atoms with van der Waals surface area (Å²) in [7, 11) is 0. The fourth-order valence-corrected chi connectivity index (χ4v) is 5.50. The molecule has 2 amide bonds. The van der Waals surface area contributed by atoms with E-state index in [1.54, 1.807) is 18.2 Å². The maximum Gasteiger partial charge on any atom is 0.293 e. The lowest BCUT2D eigenvalue weighted by Gasteiger charge is -2.16. The summed E-state index contributed by atoms with van der Waals surface area (Å²) in [6.07, 6.45) is 1.67. The first-order valence-electron chi connectivity index (χ1n) is 12.3. The van der Waals surface area contributed by atoms with Crippen molar-refractivity contribution in [2.45, 2.75) is 27.0 Å². The number of fused-ring (bicyclic) bond motifs is 1. The van der Waals surface area contributed by atoms with Gasteiger partial charge in [-0.2, -0.15) is 0 Å². The highest BCUT2D eigenvalue weighted by atomic mass is 35.5. The third-order valence-corrected chi connectivity index (χ3v) is 7.53. The molecule has 1 heterocycles. The Morgan fingerprint density at radius 1 is 0.921 bits per heavy atom. The molecule has 1 fully saturated rings. The Morgan fingerprint density at radius 2 is 1.66 bits per heavy atom. The van der Waals surface area contributed by atoms with Crippen LogP contribution in [0.15, 0.2) is 83.8 Å². The number of thioether (sulfide) groups is 1. The zero-order valence-electron chi connectivity index (χ0n) is 21.1. The second-order valence-corrected chi connectivity index (χ2v) is 10.3. The molecule has 0 N–H and O–H groups in total. The van der Waals surface area contributed by atoms with Crippen molar-refractivity contribution in [1.29, 1.82) is 0 Å². The van der Waals surface area contributed by atoms with Crippen molar-refractivity contribution in [3.8, 4) is 11.5 Å². The van der Waals surface area contributed by atoms with E-state index < -0.39 is 0 Å². The first kappa shape index (κ1) is 25.9. The standard InChI is InChI=1S/C31H26ClNO4S/c1-3-36-27-16-21(17-28-30(34)33(31(35)38-28)18-23-11-5-4-9-20(23)2)15-26(32)29(27)37-19-24-13-8-12-22-10-6-7-14-25(22)24/h4-17H,3,18-19H2,1-2H3/b28-17-. The van der Waals surface area contributed by atoms with Crippen LogP contribution in [-0.4, -0.2) is 22.7 Å². The van der Waals surface area contributed by atoms with Crippen molar-refractivity contribution in [2.24, 2.45) is 0 Å². The van der Waals surface area contributed by atoms with Crippen molar-refractivity contribution < 1.29 is 19.1 Å². The summed E-state index contributed by atoms with van der Waals surface area (Å²) in [5.41, 5.74) is 3.65. The van der Waals surface area contributed by atoms with Crippen LogP contribution in [0.3, 0.4) is 0 Å². The molecule has 0 spiro atoms. The molecular formula is C31H26ClNO4S. The number of halogens is 1. The summed E-state index contributed by atoms with van der Waals surface area (Å²) in [6.45, 7) is 4.81. The number of amides is 2. The number of carbonyl (C=O) groups is 2. The number of rotatable bonds is 8. The van der Waals surface area contributed by atoms with Gasteiger partial charge < -0.3 is 9.47 Å². The van der Waals surface area contributed by atoms with Crippen molar-refractivity contribution in [3.63, 3.8) is 0 Å². The van der Waals surface area contributed by atoms with Crippen LogP contribution in [-0.2, 0) is 17.9 Å². The number of benzene rings is 4. The van der Waals surface area contributed by atoms with Gasteiger partial charge in [0, 0.05) is 0 Å². The number of ether oxygens (including phenoxy) is 2. The zero-order chi connectivity index (χ0) is 26.6. The average Bonchev–Trinajstić information content (AvgIpc) is 3.17. The molecule has 0 radical (unpaired) electrons. The second kappa shape index (κ2) is 11.3. The van der Waals surface area contributed by atoms with Gasteiger partial charge in [-0.25, -0.2) is 0 Å². The number of hydrogen-bond acceptors (Lipinski definition) is 5. The van der Waals surface area contributed by atoms with Gasteiger partial charge in [0.2, 0.25) is 0 Å². The van der Waals surface area contributed by atoms with Crippen LogP contribution in [0.5, 0.6) is 11.5 Å². The molecule has 4 aromatic carbocycles. The highest BCUT2D eigenvalue weighted by Gasteiger charge is 2.35. The maximum absolute atomic E-state index is 13.1. The number of nitrogens with zero attached hydrogens (tertiary/aromatic N) is 1. The third-order valence-electron chi connectivity index (χ3n) is 6.34. The SMILES string of the molecule is CCOc1cc(/C=C2\SC(=O)N(Cc3ccccc3C)C2=O)cc(Cl)c1OCc1cccc2ccccc12. The second-order valence-electron chi connectivity index (χ2n) is 8.88. The Kier molecular flexibility index (Phi) is 7.72. The molecule has 1 aliphatic rings. The van der Waals surface area contributed by atoms with Crippen molar-refractivity contribution in [1.82, 2.24) is 4.90 Å². The molecule has 0 aromatic heterocycles. The minimum Gasteiger partial charge on any atom is -0.490 e. The third kappa shape index (κ3) is 5.42. The summed E-state index contributed by atoms with van der Waals surface area (Å²) in [5.74, 6) is 0.588. The van der Waals surface area contributed by atoms with Gasteiger partial charge in [0.1, 0.15) is 6.61 Å². The van der Waals surface area contributed by atoms with Gasteiger partial charge in [-0.1, -0.05) is 78.3 Å². The first-order valence-corrected chi connectivity index (χ1v) is 13.5. The molecule has 0 aliphatic carbocycles. The van der Waals surface area contributed by atoms with Crippen LogP contribution in [0.2, 0.25) is 5.02 Å². The molecule has 1 aliphatic heterocycles. The molecule has 5 nitrogen and oxygen atoms in total. The van der Waals surface area contributed by atoms with Gasteiger partial charge in [0.25, 0.3) is 11.1 Å². The van der Waals surface area contributed by atoms with Crippen LogP contribution < -0.4 is 9.47 Å². The van der Waals surface area contributed by atoms with Crippen molar-refractivity contribution in [3.05, 3.63) is 111 Å². The summed E-state index contributed by atoms with van der Waals surface area (Å²) in [5, 5.41) is 2.32. The lowest BCUT2D eigenvalue weighted by Crippen LogP contribution is -2.27. The topological polar surface area (TPSA) is 55.8 Å². The molecule has 0 unspecified atom stereocenters. The molecule has 192 valence electrons. The Labute approximate surface area is 231 Å². The van der Waals surface area contributed by atoms with E-state index in [2.05, 4.69) is 18.2 Å². The van der Waals surface area contributed by atoms with E-state index >= 15 is 0 Å². The van der Waals surface area contributed by atoms with Gasteiger partial charge in [-0.05, 0) is 76.8 Å². The minimum atomic E-state index is -0.325. The highest BCUT2D eigenvalue weighted by molar-refractivity contribution is 8.18. The minimum absolute atomic E-state index is 0.237. The predicted molar refractivity (Wildman–Crippen MR) is 154 cm³/mol. The molecule has 7 heteroatoms. The number of aryl methyl sites for hydroxylation is 1. The molecule has 0 saturated carbocycles. The van der Waals surface area contributed by atoms with Gasteiger partial charge in [0.15, 0.2) is 11.5 Å². The Morgan fingerprint density at radius 3 is 2.47 bits per heavy atom. The summed E-state index contributed by atoms with van der Waals surface area (Å²) in [4.78, 5) is 27.4. The van der Waals surface area contributed by atoms with E-state index in [1.807, 2.05) is 62.4 Å². The molecule has 5 rings (SSSR count). The molecule has 4 aromatic rings. The number of imide groups is 1. The van der Waals surface area contributed by atoms with E-state index in [0.717, 1.165) is 39.2 Å². The van der Waals surface area contributed by atoms with Crippen LogP contribution in [0.1, 0.15) is 29.2 Å². The molecule has 1 saturated heterocycles. The van der Waals surface area contributed by atoms with E-state index in [0.29, 0.717) is 40.2 Å². The molecule has 0 bridgehead atoms. The maximum atomic E-state index is 13.1. The summed E-state index contributed by atoms with van der Waals surface area (Å²) >= 11 is 7.58. The fourth-order valence-electron chi connectivity index (χ4n) is 4.39. The molecule has 0 atom stereocenters. The van der Waals surface area contributed by atoms with Gasteiger partial charge >= 0.3 is 0 Å². The smallest absolute Gasteiger partial charge is 0.293 e. The Balaban J connectivity index is 1.39. The first-order chi connectivity index (χ1) is 18.4. The normalized spacial score (nSPS) is 14.5. The van der Waals surface area contributed by atoms with Crippen LogP contribution >= 0.6 is 23.4 Å². The summed E-state index contributed by atoms with van der Waals surface area (Å²) < 4.78 is 12.0. The van der Waals surface area contributed by atoms with Gasteiger partial charge in [-0.15, -0.1) is 0 Å². The van der Waals surface area contributed by atoms with Crippen molar-refractivity contribution >= 4 is 51.4 Å². The van der Waals surface area contributed by atoms with E-state index in [1.165, 1.54) is 4.90 Å².